The van der Waals surface area contributed by atoms with Gasteiger partial charge in [0.2, 0.25) is 0 Å². The normalized spacial score (nSPS) is 10.1. The first kappa shape index (κ1) is 25.0. The van der Waals surface area contributed by atoms with E-state index in [9.17, 15) is 29.3 Å². The monoisotopic (exact) mass is 458 g/mol. The van der Waals surface area contributed by atoms with Crippen molar-refractivity contribution in [3.63, 3.8) is 0 Å². The van der Waals surface area contributed by atoms with Crippen molar-refractivity contribution in [2.45, 2.75) is 13.8 Å². The predicted octanol–water partition coefficient (Wildman–Crippen LogP) is 2.52. The van der Waals surface area contributed by atoms with Gasteiger partial charge < -0.3 is 14.2 Å². The van der Waals surface area contributed by atoms with Crippen molar-refractivity contribution in [3.05, 3.63) is 69.8 Å². The third-order valence-electron chi connectivity index (χ3n) is 4.16. The van der Waals surface area contributed by atoms with Crippen LogP contribution in [0.25, 0.3) is 0 Å². The lowest BCUT2D eigenvalue weighted by atomic mass is 10.1. The van der Waals surface area contributed by atoms with E-state index in [1.807, 2.05) is 0 Å². The number of hydrogen-bond donors (Lipinski definition) is 0. The maximum Gasteiger partial charge on any atom is 0.338 e. The molecule has 0 N–H and O–H groups in total. The fraction of sp³-hybridized carbons (Fsp3) is 0.273. The second kappa shape index (κ2) is 11.9. The first-order chi connectivity index (χ1) is 15.8. The number of nitro groups is 1. The maximum atomic E-state index is 12.7. The summed E-state index contributed by atoms with van der Waals surface area (Å²) in [5, 5.41) is 11.2. The molecule has 0 heterocycles. The zero-order valence-corrected chi connectivity index (χ0v) is 18.0. The molecule has 0 aromatic heterocycles. The highest BCUT2D eigenvalue weighted by Gasteiger charge is 2.23. The van der Waals surface area contributed by atoms with Crippen molar-refractivity contribution in [1.29, 1.82) is 0 Å². The zero-order valence-electron chi connectivity index (χ0n) is 18.0. The highest BCUT2D eigenvalue weighted by atomic mass is 16.6. The van der Waals surface area contributed by atoms with Gasteiger partial charge in [-0.1, -0.05) is 18.2 Å². The van der Waals surface area contributed by atoms with Crippen molar-refractivity contribution < 1.29 is 38.3 Å². The first-order valence-electron chi connectivity index (χ1n) is 9.91. The third kappa shape index (κ3) is 7.13. The minimum absolute atomic E-state index is 0.0333. The fourth-order valence-electron chi connectivity index (χ4n) is 2.72. The molecule has 0 aliphatic carbocycles. The van der Waals surface area contributed by atoms with Crippen LogP contribution in [0.1, 0.15) is 34.6 Å². The predicted molar refractivity (Wildman–Crippen MR) is 115 cm³/mol. The van der Waals surface area contributed by atoms with Gasteiger partial charge in [-0.2, -0.15) is 0 Å². The molecule has 0 bridgehead atoms. The molecule has 0 saturated heterocycles. The van der Waals surface area contributed by atoms with Gasteiger partial charge in [-0.25, -0.2) is 9.59 Å². The van der Waals surface area contributed by atoms with Crippen molar-refractivity contribution in [3.8, 4) is 0 Å². The van der Waals surface area contributed by atoms with Gasteiger partial charge in [0, 0.05) is 17.8 Å². The molecule has 2 aromatic carbocycles. The number of para-hydroxylation sites is 1. The van der Waals surface area contributed by atoms with Gasteiger partial charge in [0.25, 0.3) is 11.6 Å². The van der Waals surface area contributed by atoms with Crippen LogP contribution in [-0.4, -0.2) is 55.1 Å². The second-order valence-electron chi connectivity index (χ2n) is 6.44. The van der Waals surface area contributed by atoms with Gasteiger partial charge in [-0.15, -0.1) is 0 Å². The molecule has 0 unspecified atom stereocenters. The Kier molecular flexibility index (Phi) is 9.04. The molecule has 0 fully saturated rings. The Balaban J connectivity index is 2.20. The summed E-state index contributed by atoms with van der Waals surface area (Å²) < 4.78 is 14.7. The average molecular weight is 458 g/mol. The number of non-ortho nitro benzene ring substituents is 1. The minimum Gasteiger partial charge on any atom is -0.465 e. The van der Waals surface area contributed by atoms with Gasteiger partial charge in [-0.3, -0.25) is 24.6 Å². The van der Waals surface area contributed by atoms with Crippen LogP contribution in [0.3, 0.4) is 0 Å². The summed E-state index contributed by atoms with van der Waals surface area (Å²) in [6.45, 7) is 2.18. The molecule has 0 radical (unpaired) electrons. The summed E-state index contributed by atoms with van der Waals surface area (Å²) in [5.41, 5.74) is -0.659. The van der Waals surface area contributed by atoms with Crippen LogP contribution in [0.15, 0.2) is 48.5 Å². The number of carbonyl (C=O) groups excluding carboxylic acids is 4. The van der Waals surface area contributed by atoms with Crippen LogP contribution in [0.2, 0.25) is 0 Å². The Labute approximate surface area is 189 Å². The standard InChI is InChI=1S/C22H22N2O9/c1-3-31-20(26)13-23(17-8-6-5-7-9-17)19(25)14-33-22(28)16-10-15(21(27)32-4-2)11-18(12-16)24(29)30/h5-12H,3-4,13-14H2,1-2H3. The van der Waals surface area contributed by atoms with Gasteiger partial charge in [0.05, 0.1) is 29.3 Å². The summed E-state index contributed by atoms with van der Waals surface area (Å²) in [6, 6.07) is 11.2. The third-order valence-corrected chi connectivity index (χ3v) is 4.16. The van der Waals surface area contributed by atoms with E-state index in [4.69, 9.17) is 14.2 Å². The molecule has 1 amide bonds. The van der Waals surface area contributed by atoms with E-state index in [2.05, 4.69) is 0 Å². The van der Waals surface area contributed by atoms with Crippen LogP contribution in [-0.2, 0) is 23.8 Å². The SMILES string of the molecule is CCOC(=O)CN(C(=O)COC(=O)c1cc(C(=O)OCC)cc([N+](=O)[O-])c1)c1ccccc1. The number of rotatable bonds is 10. The molecule has 2 rings (SSSR count). The number of amides is 1. The summed E-state index contributed by atoms with van der Waals surface area (Å²) in [7, 11) is 0. The highest BCUT2D eigenvalue weighted by molar-refractivity contribution is 6.01. The number of benzene rings is 2. The summed E-state index contributed by atoms with van der Waals surface area (Å²) in [5.74, 6) is -3.30. The molecule has 0 saturated carbocycles. The van der Waals surface area contributed by atoms with Crippen molar-refractivity contribution in [2.75, 3.05) is 31.3 Å². The van der Waals surface area contributed by atoms with E-state index in [0.29, 0.717) is 5.69 Å². The summed E-state index contributed by atoms with van der Waals surface area (Å²) >= 11 is 0. The molecular formula is C22H22N2O9. The Bertz CT molecular complexity index is 1040. The lowest BCUT2D eigenvalue weighted by Gasteiger charge is -2.21. The van der Waals surface area contributed by atoms with Gasteiger partial charge in [0.15, 0.2) is 6.61 Å². The number of carbonyl (C=O) groups is 4. The van der Waals surface area contributed by atoms with Crippen molar-refractivity contribution >= 4 is 35.2 Å². The Morgan fingerprint density at radius 3 is 2.00 bits per heavy atom. The van der Waals surface area contributed by atoms with E-state index in [1.54, 1.807) is 44.2 Å². The van der Waals surface area contributed by atoms with Crippen LogP contribution in [0.4, 0.5) is 11.4 Å². The summed E-state index contributed by atoms with van der Waals surface area (Å²) in [6.07, 6.45) is 0. The van der Waals surface area contributed by atoms with Gasteiger partial charge in [-0.05, 0) is 32.0 Å². The minimum atomic E-state index is -1.07. The molecule has 0 atom stereocenters. The van der Waals surface area contributed by atoms with Crippen molar-refractivity contribution in [1.82, 2.24) is 0 Å². The molecule has 174 valence electrons. The zero-order chi connectivity index (χ0) is 24.4. The second-order valence-corrected chi connectivity index (χ2v) is 6.44. The fourth-order valence-corrected chi connectivity index (χ4v) is 2.72. The molecule has 2 aromatic rings. The molecule has 0 spiro atoms. The number of ether oxygens (including phenoxy) is 3. The van der Waals surface area contributed by atoms with Gasteiger partial charge in [0.1, 0.15) is 6.54 Å². The average Bonchev–Trinajstić information content (AvgIpc) is 2.81. The lowest BCUT2D eigenvalue weighted by molar-refractivity contribution is -0.384. The molecule has 11 nitrogen and oxygen atoms in total. The van der Waals surface area contributed by atoms with Gasteiger partial charge >= 0.3 is 17.9 Å². The van der Waals surface area contributed by atoms with Crippen molar-refractivity contribution in [2.24, 2.45) is 0 Å². The molecule has 33 heavy (non-hydrogen) atoms. The van der Waals surface area contributed by atoms with E-state index < -0.39 is 47.6 Å². The van der Waals surface area contributed by atoms with Crippen LogP contribution in [0, 0.1) is 10.1 Å². The number of nitro benzene ring substituents is 1. The van der Waals surface area contributed by atoms with Crippen LogP contribution in [0.5, 0.6) is 0 Å². The van der Waals surface area contributed by atoms with E-state index in [0.717, 1.165) is 23.1 Å². The lowest BCUT2D eigenvalue weighted by Crippen LogP contribution is -2.39. The quantitative estimate of drug-likeness (QED) is 0.227. The van der Waals surface area contributed by atoms with E-state index in [-0.39, 0.29) is 24.3 Å². The van der Waals surface area contributed by atoms with Crippen LogP contribution < -0.4 is 4.90 Å². The molecule has 11 heteroatoms. The Hall–Kier alpha value is -4.28. The number of nitrogens with zero attached hydrogens (tertiary/aromatic N) is 2. The van der Waals surface area contributed by atoms with E-state index in [1.165, 1.54) is 0 Å². The largest absolute Gasteiger partial charge is 0.465 e. The van der Waals surface area contributed by atoms with Crippen LogP contribution >= 0.6 is 0 Å². The first-order valence-corrected chi connectivity index (χ1v) is 9.91. The Morgan fingerprint density at radius 2 is 1.45 bits per heavy atom. The molecular weight excluding hydrogens is 436 g/mol. The number of hydrogen-bond acceptors (Lipinski definition) is 9. The highest BCUT2D eigenvalue weighted by Crippen LogP contribution is 2.19. The molecule has 0 aliphatic rings. The Morgan fingerprint density at radius 1 is 0.879 bits per heavy atom. The molecule has 0 aliphatic heterocycles. The topological polar surface area (TPSA) is 142 Å². The smallest absolute Gasteiger partial charge is 0.338 e. The number of anilines is 1. The number of esters is 3. The maximum absolute atomic E-state index is 12.7. The van der Waals surface area contributed by atoms with E-state index >= 15 is 0 Å². The summed E-state index contributed by atoms with van der Waals surface area (Å²) in [4.78, 5) is 60.6.